The summed E-state index contributed by atoms with van der Waals surface area (Å²) in [6.45, 7) is 0. The third-order valence-electron chi connectivity index (χ3n) is 1.40. The molecule has 0 amide bonds. The molecule has 12 heavy (non-hydrogen) atoms. The van der Waals surface area contributed by atoms with Gasteiger partial charge in [0, 0.05) is 16.4 Å². The molecule has 1 aliphatic heterocycles. The summed E-state index contributed by atoms with van der Waals surface area (Å²) in [6, 6.07) is 10.7. The summed E-state index contributed by atoms with van der Waals surface area (Å²) >= 11 is 6.30. The van der Waals surface area contributed by atoms with E-state index in [4.69, 9.17) is 0 Å². The summed E-state index contributed by atoms with van der Waals surface area (Å²) in [5, 5.41) is 0. The van der Waals surface area contributed by atoms with Crippen molar-refractivity contribution in [3.8, 4) is 0 Å². The van der Waals surface area contributed by atoms with E-state index in [-0.39, 0.29) is 5.53 Å². The van der Waals surface area contributed by atoms with Crippen LogP contribution < -0.4 is 0 Å². The van der Waals surface area contributed by atoms with Crippen LogP contribution in [0.2, 0.25) is 0 Å². The summed E-state index contributed by atoms with van der Waals surface area (Å²) in [5.41, 5.74) is 0.129. The van der Waals surface area contributed by atoms with Crippen LogP contribution in [0.4, 0.5) is 0 Å². The Morgan fingerprint density at radius 2 is 1.75 bits per heavy atom. The number of benzene rings is 1. The molecule has 0 nitrogen and oxygen atoms in total. The summed E-state index contributed by atoms with van der Waals surface area (Å²) in [4.78, 5) is 1.42. The SMILES string of the molecule is c1ccc(SP2SCCS2)cc1. The molecule has 1 aromatic rings. The molecule has 1 heterocycles. The monoisotopic (exact) mass is 232 g/mol. The van der Waals surface area contributed by atoms with E-state index in [0.29, 0.717) is 0 Å². The fourth-order valence-corrected chi connectivity index (χ4v) is 11.9. The molecular formula is C8H9PS3. The van der Waals surface area contributed by atoms with Crippen LogP contribution in [0, 0.1) is 0 Å². The predicted molar refractivity (Wildman–Crippen MR) is 64.1 cm³/mol. The normalized spacial score (nSPS) is 18.3. The second-order valence-electron chi connectivity index (χ2n) is 2.29. The molecule has 0 atom stereocenters. The molecule has 1 aromatic carbocycles. The maximum Gasteiger partial charge on any atom is 0.0778 e. The van der Waals surface area contributed by atoms with Crippen LogP contribution in [0.25, 0.3) is 0 Å². The molecule has 0 unspecified atom stereocenters. The summed E-state index contributed by atoms with van der Waals surface area (Å²) < 4.78 is 0. The van der Waals surface area contributed by atoms with Gasteiger partial charge in [-0.15, -0.1) is 22.8 Å². The minimum absolute atomic E-state index is 0.129. The first-order chi connectivity index (χ1) is 5.95. The van der Waals surface area contributed by atoms with E-state index in [1.165, 1.54) is 16.4 Å². The van der Waals surface area contributed by atoms with E-state index >= 15 is 0 Å². The molecule has 0 saturated carbocycles. The van der Waals surface area contributed by atoms with Crippen molar-refractivity contribution >= 4 is 39.7 Å². The summed E-state index contributed by atoms with van der Waals surface area (Å²) in [6.07, 6.45) is 0. The topological polar surface area (TPSA) is 0 Å². The fraction of sp³-hybridized carbons (Fsp3) is 0.250. The molecule has 1 saturated heterocycles. The smallest absolute Gasteiger partial charge is 0.0778 e. The Morgan fingerprint density at radius 3 is 2.42 bits per heavy atom. The van der Waals surface area contributed by atoms with Gasteiger partial charge >= 0.3 is 0 Å². The van der Waals surface area contributed by atoms with Gasteiger partial charge in [-0.1, -0.05) is 29.6 Å². The molecule has 4 heteroatoms. The van der Waals surface area contributed by atoms with Crippen molar-refractivity contribution in [3.05, 3.63) is 30.3 Å². The van der Waals surface area contributed by atoms with Gasteiger partial charge in [-0.3, -0.25) is 0 Å². The van der Waals surface area contributed by atoms with E-state index in [1.54, 1.807) is 0 Å². The zero-order valence-corrected chi connectivity index (χ0v) is 9.82. The Kier molecular flexibility index (Phi) is 3.71. The van der Waals surface area contributed by atoms with E-state index in [2.05, 4.69) is 53.1 Å². The van der Waals surface area contributed by atoms with Gasteiger partial charge in [0.05, 0.1) is 5.53 Å². The first-order valence-electron chi connectivity index (χ1n) is 3.74. The molecular weight excluding hydrogens is 223 g/mol. The zero-order chi connectivity index (χ0) is 8.23. The molecule has 0 aliphatic carbocycles. The maximum absolute atomic E-state index is 2.20. The van der Waals surface area contributed by atoms with Gasteiger partial charge in [-0.25, -0.2) is 0 Å². The van der Waals surface area contributed by atoms with Crippen molar-refractivity contribution in [1.29, 1.82) is 0 Å². The molecule has 1 fully saturated rings. The highest BCUT2D eigenvalue weighted by Gasteiger charge is 2.17. The summed E-state index contributed by atoms with van der Waals surface area (Å²) in [5.74, 6) is 2.69. The van der Waals surface area contributed by atoms with Crippen molar-refractivity contribution in [3.63, 3.8) is 0 Å². The molecule has 0 bridgehead atoms. The van der Waals surface area contributed by atoms with Crippen LogP contribution in [0.5, 0.6) is 0 Å². The van der Waals surface area contributed by atoms with E-state index < -0.39 is 0 Å². The van der Waals surface area contributed by atoms with Crippen molar-refractivity contribution < 1.29 is 0 Å². The first-order valence-corrected chi connectivity index (χ1v) is 9.68. The average molecular weight is 232 g/mol. The molecule has 0 spiro atoms. The van der Waals surface area contributed by atoms with Gasteiger partial charge in [-0.2, -0.15) is 0 Å². The molecule has 2 rings (SSSR count). The lowest BCUT2D eigenvalue weighted by Gasteiger charge is -2.05. The standard InChI is InChI=1S/C8H9PS3/c1-2-4-8(5-3-1)12-9-10-6-7-11-9/h1-5H,6-7H2. The van der Waals surface area contributed by atoms with Crippen molar-refractivity contribution in [2.75, 3.05) is 11.5 Å². The largest absolute Gasteiger partial charge is 0.111 e. The lowest BCUT2D eigenvalue weighted by molar-refractivity contribution is 1.48. The number of hydrogen-bond acceptors (Lipinski definition) is 3. The highest BCUT2D eigenvalue weighted by atomic mass is 33.4. The molecule has 0 radical (unpaired) electrons. The van der Waals surface area contributed by atoms with E-state index in [0.717, 1.165) is 0 Å². The fourth-order valence-electron chi connectivity index (χ4n) is 0.881. The lowest BCUT2D eigenvalue weighted by Crippen LogP contribution is -1.64. The first kappa shape index (κ1) is 9.26. The van der Waals surface area contributed by atoms with Crippen LogP contribution in [-0.2, 0) is 0 Å². The molecule has 0 aromatic heterocycles. The van der Waals surface area contributed by atoms with E-state index in [9.17, 15) is 0 Å². The second kappa shape index (κ2) is 4.80. The third-order valence-corrected chi connectivity index (χ3v) is 12.1. The third kappa shape index (κ3) is 2.59. The maximum atomic E-state index is 2.20. The Bertz CT molecular complexity index is 233. The van der Waals surface area contributed by atoms with Gasteiger partial charge < -0.3 is 0 Å². The Hall–Kier alpha value is 0.700. The minimum atomic E-state index is 0.129. The molecule has 1 aliphatic rings. The molecule has 64 valence electrons. The quantitative estimate of drug-likeness (QED) is 0.690. The highest BCUT2D eigenvalue weighted by molar-refractivity contribution is 9.13. The van der Waals surface area contributed by atoms with Crippen LogP contribution in [0.1, 0.15) is 0 Å². The highest BCUT2D eigenvalue weighted by Crippen LogP contribution is 2.75. The zero-order valence-electron chi connectivity index (χ0n) is 6.47. The second-order valence-corrected chi connectivity index (χ2v) is 12.2. The number of hydrogen-bond donors (Lipinski definition) is 0. The minimum Gasteiger partial charge on any atom is -0.111 e. The van der Waals surface area contributed by atoms with Crippen LogP contribution in [-0.4, -0.2) is 11.5 Å². The number of rotatable bonds is 2. The lowest BCUT2D eigenvalue weighted by atomic mass is 10.4. The Labute approximate surface area is 86.3 Å². The van der Waals surface area contributed by atoms with Gasteiger partial charge in [0.15, 0.2) is 0 Å². The van der Waals surface area contributed by atoms with Gasteiger partial charge in [0.25, 0.3) is 0 Å². The van der Waals surface area contributed by atoms with Gasteiger partial charge in [0.1, 0.15) is 0 Å². The van der Waals surface area contributed by atoms with Crippen molar-refractivity contribution in [2.24, 2.45) is 0 Å². The van der Waals surface area contributed by atoms with Crippen molar-refractivity contribution in [1.82, 2.24) is 0 Å². The predicted octanol–water partition coefficient (Wildman–Crippen LogP) is 4.49. The average Bonchev–Trinajstić information content (AvgIpc) is 2.59. The van der Waals surface area contributed by atoms with E-state index in [1.807, 2.05) is 11.4 Å². The molecule has 0 N–H and O–H groups in total. The van der Waals surface area contributed by atoms with Crippen molar-refractivity contribution in [2.45, 2.75) is 4.90 Å². The Balaban J connectivity index is 1.94. The van der Waals surface area contributed by atoms with Crippen LogP contribution in [0.15, 0.2) is 35.2 Å². The van der Waals surface area contributed by atoms with Gasteiger partial charge in [-0.05, 0) is 12.1 Å². The van der Waals surface area contributed by atoms with Gasteiger partial charge in [0.2, 0.25) is 0 Å². The van der Waals surface area contributed by atoms with Crippen LogP contribution in [0.3, 0.4) is 0 Å². The van der Waals surface area contributed by atoms with Crippen LogP contribution >= 0.6 is 39.7 Å². The Morgan fingerprint density at radius 1 is 1.08 bits per heavy atom. The summed E-state index contributed by atoms with van der Waals surface area (Å²) in [7, 11) is 0.